The van der Waals surface area contributed by atoms with E-state index in [0.29, 0.717) is 0 Å². The van der Waals surface area contributed by atoms with Crippen molar-refractivity contribution in [3.05, 3.63) is 50.0 Å². The van der Waals surface area contributed by atoms with Crippen molar-refractivity contribution in [1.82, 2.24) is 4.98 Å². The molecule has 0 spiro atoms. The molecule has 0 bridgehead atoms. The predicted molar refractivity (Wildman–Crippen MR) is 74.7 cm³/mol. The zero-order valence-electron chi connectivity index (χ0n) is 9.40. The minimum Gasteiger partial charge on any atom is -0.255 e. The fraction of sp³-hybridized carbons (Fsp3) is 0.0833. The second kappa shape index (κ2) is 5.60. The Morgan fingerprint density at radius 2 is 1.45 bits per heavy atom. The Kier molecular flexibility index (Phi) is 4.40. The van der Waals surface area contributed by atoms with Gasteiger partial charge in [-0.05, 0) is 18.2 Å². The van der Waals surface area contributed by atoms with Crippen LogP contribution in [0.1, 0.15) is 5.56 Å². The molecule has 8 heteroatoms. The average molecular weight is 361 g/mol. The lowest BCUT2D eigenvalue weighted by atomic mass is 10.1. The van der Waals surface area contributed by atoms with E-state index >= 15 is 0 Å². The van der Waals surface area contributed by atoms with E-state index in [1.54, 1.807) is 0 Å². The van der Waals surface area contributed by atoms with Gasteiger partial charge in [0.2, 0.25) is 0 Å². The predicted octanol–water partition coefficient (Wildman–Crippen LogP) is 6.38. The molecule has 0 saturated heterocycles. The quantitative estimate of drug-likeness (QED) is 0.537. The molecule has 0 aliphatic carbocycles. The molecule has 106 valence electrons. The molecular formula is C12H4Cl4F3N. The summed E-state index contributed by atoms with van der Waals surface area (Å²) in [6, 6.07) is 3.61. The maximum absolute atomic E-state index is 12.8. The molecule has 0 atom stereocenters. The zero-order valence-corrected chi connectivity index (χ0v) is 12.4. The van der Waals surface area contributed by atoms with Crippen molar-refractivity contribution in [3.8, 4) is 11.3 Å². The molecule has 0 amide bonds. The standard InChI is InChI=1S/C12H4Cl4F3N/c13-6-1-2-7(14)10(16)8(6)11-9(15)5(3-4-20-11)12(17,18)19/h1-4H. The van der Waals surface area contributed by atoms with Crippen LogP contribution >= 0.6 is 46.4 Å². The third-order valence-electron chi connectivity index (χ3n) is 2.48. The van der Waals surface area contributed by atoms with Crippen LogP contribution < -0.4 is 0 Å². The van der Waals surface area contributed by atoms with E-state index in [-0.39, 0.29) is 26.3 Å². The van der Waals surface area contributed by atoms with Gasteiger partial charge in [-0.1, -0.05) is 46.4 Å². The molecule has 2 rings (SSSR count). The van der Waals surface area contributed by atoms with Crippen molar-refractivity contribution in [2.24, 2.45) is 0 Å². The van der Waals surface area contributed by atoms with Crippen LogP contribution in [0.25, 0.3) is 11.3 Å². The smallest absolute Gasteiger partial charge is 0.255 e. The summed E-state index contributed by atoms with van der Waals surface area (Å²) in [6.07, 6.45) is -3.62. The minimum absolute atomic E-state index is 0.00658. The highest BCUT2D eigenvalue weighted by atomic mass is 35.5. The maximum Gasteiger partial charge on any atom is 0.417 e. The van der Waals surface area contributed by atoms with Gasteiger partial charge in [0, 0.05) is 11.8 Å². The Bertz CT molecular complexity index is 670. The van der Waals surface area contributed by atoms with Crippen molar-refractivity contribution in [2.75, 3.05) is 0 Å². The number of hydrogen-bond acceptors (Lipinski definition) is 1. The Hall–Kier alpha value is -0.680. The van der Waals surface area contributed by atoms with E-state index in [9.17, 15) is 13.2 Å². The van der Waals surface area contributed by atoms with Crippen molar-refractivity contribution in [2.45, 2.75) is 6.18 Å². The Labute approximate surface area is 132 Å². The van der Waals surface area contributed by atoms with Crippen LogP contribution in [0.4, 0.5) is 13.2 Å². The second-order valence-corrected chi connectivity index (χ2v) is 5.31. The molecule has 20 heavy (non-hydrogen) atoms. The fourth-order valence-corrected chi connectivity index (χ4v) is 2.60. The number of hydrogen-bond donors (Lipinski definition) is 0. The van der Waals surface area contributed by atoms with E-state index in [4.69, 9.17) is 46.4 Å². The second-order valence-electron chi connectivity index (χ2n) is 3.74. The first-order valence-corrected chi connectivity index (χ1v) is 6.60. The van der Waals surface area contributed by atoms with Crippen LogP contribution in [0.2, 0.25) is 20.1 Å². The van der Waals surface area contributed by atoms with Gasteiger partial charge in [-0.2, -0.15) is 13.2 Å². The maximum atomic E-state index is 12.8. The molecule has 1 nitrogen and oxygen atoms in total. The Balaban J connectivity index is 2.76. The summed E-state index contributed by atoms with van der Waals surface area (Å²) in [5.41, 5.74) is -1.12. The van der Waals surface area contributed by atoms with Gasteiger partial charge in [-0.15, -0.1) is 0 Å². The van der Waals surface area contributed by atoms with E-state index in [1.807, 2.05) is 0 Å². The highest BCUT2D eigenvalue weighted by Crippen LogP contribution is 2.44. The molecule has 0 aliphatic rings. The summed E-state index contributed by atoms with van der Waals surface area (Å²) in [6.45, 7) is 0. The molecule has 0 radical (unpaired) electrons. The molecule has 0 fully saturated rings. The van der Waals surface area contributed by atoms with Crippen molar-refractivity contribution < 1.29 is 13.2 Å². The Morgan fingerprint density at radius 1 is 0.850 bits per heavy atom. The van der Waals surface area contributed by atoms with Crippen LogP contribution in [-0.2, 0) is 6.18 Å². The van der Waals surface area contributed by atoms with Gasteiger partial charge in [0.1, 0.15) is 0 Å². The molecule has 2 aromatic rings. The summed E-state index contributed by atoms with van der Waals surface area (Å²) in [7, 11) is 0. The lowest BCUT2D eigenvalue weighted by molar-refractivity contribution is -0.137. The van der Waals surface area contributed by atoms with Gasteiger partial charge in [-0.25, -0.2) is 0 Å². The lowest BCUT2D eigenvalue weighted by Gasteiger charge is -2.14. The van der Waals surface area contributed by atoms with Gasteiger partial charge in [0.05, 0.1) is 31.3 Å². The van der Waals surface area contributed by atoms with Crippen LogP contribution in [-0.4, -0.2) is 4.98 Å². The number of rotatable bonds is 1. The highest BCUT2D eigenvalue weighted by molar-refractivity contribution is 6.46. The number of benzene rings is 1. The van der Waals surface area contributed by atoms with Crippen LogP contribution in [0.5, 0.6) is 0 Å². The highest BCUT2D eigenvalue weighted by Gasteiger charge is 2.35. The van der Waals surface area contributed by atoms with Gasteiger partial charge in [0.15, 0.2) is 0 Å². The molecule has 1 heterocycles. The molecule has 0 saturated carbocycles. The van der Waals surface area contributed by atoms with E-state index < -0.39 is 16.8 Å². The largest absolute Gasteiger partial charge is 0.417 e. The van der Waals surface area contributed by atoms with Crippen molar-refractivity contribution in [1.29, 1.82) is 0 Å². The fourth-order valence-electron chi connectivity index (χ4n) is 1.58. The summed E-state index contributed by atoms with van der Waals surface area (Å²) in [5.74, 6) is 0. The molecule has 0 unspecified atom stereocenters. The molecule has 0 N–H and O–H groups in total. The monoisotopic (exact) mass is 359 g/mol. The molecule has 1 aromatic carbocycles. The summed E-state index contributed by atoms with van der Waals surface area (Å²) in [5, 5.41) is -0.339. The molecular weight excluding hydrogens is 357 g/mol. The van der Waals surface area contributed by atoms with Gasteiger partial charge >= 0.3 is 6.18 Å². The number of nitrogens with zero attached hydrogens (tertiary/aromatic N) is 1. The van der Waals surface area contributed by atoms with Crippen LogP contribution in [0.3, 0.4) is 0 Å². The minimum atomic E-state index is -4.60. The SMILES string of the molecule is FC(F)(F)c1ccnc(-c2c(Cl)ccc(Cl)c2Cl)c1Cl. The lowest BCUT2D eigenvalue weighted by Crippen LogP contribution is -2.07. The van der Waals surface area contributed by atoms with Gasteiger partial charge in [0.25, 0.3) is 0 Å². The van der Waals surface area contributed by atoms with E-state index in [0.717, 1.165) is 12.3 Å². The van der Waals surface area contributed by atoms with Crippen molar-refractivity contribution >= 4 is 46.4 Å². The summed E-state index contributed by atoms with van der Waals surface area (Å²) < 4.78 is 38.5. The first-order chi connectivity index (χ1) is 9.23. The normalized spacial score (nSPS) is 11.8. The van der Waals surface area contributed by atoms with Crippen LogP contribution in [0, 0.1) is 0 Å². The third kappa shape index (κ3) is 2.84. The number of halogens is 7. The zero-order chi connectivity index (χ0) is 15.1. The summed E-state index contributed by atoms with van der Waals surface area (Å²) in [4.78, 5) is 3.83. The molecule has 0 aliphatic heterocycles. The first kappa shape index (κ1) is 15.7. The average Bonchev–Trinajstić information content (AvgIpc) is 2.35. The van der Waals surface area contributed by atoms with Gasteiger partial charge < -0.3 is 0 Å². The first-order valence-electron chi connectivity index (χ1n) is 5.09. The number of aromatic nitrogens is 1. The topological polar surface area (TPSA) is 12.9 Å². The molecule has 1 aromatic heterocycles. The van der Waals surface area contributed by atoms with Crippen molar-refractivity contribution in [3.63, 3.8) is 0 Å². The van der Waals surface area contributed by atoms with Gasteiger partial charge in [-0.3, -0.25) is 4.98 Å². The summed E-state index contributed by atoms with van der Waals surface area (Å²) >= 11 is 23.5. The third-order valence-corrected chi connectivity index (χ3v) is 3.98. The van der Waals surface area contributed by atoms with Crippen LogP contribution in [0.15, 0.2) is 24.4 Å². The Morgan fingerprint density at radius 3 is 2.05 bits per heavy atom. The van der Waals surface area contributed by atoms with E-state index in [1.165, 1.54) is 12.1 Å². The van der Waals surface area contributed by atoms with E-state index in [2.05, 4.69) is 4.98 Å². The number of pyridine rings is 1. The number of alkyl halides is 3.